The number of aromatic nitrogens is 2. The van der Waals surface area contributed by atoms with Gasteiger partial charge in [0.2, 0.25) is 5.95 Å². The fourth-order valence-electron chi connectivity index (χ4n) is 4.03. The maximum Gasteiger partial charge on any atom is 0.253 e. The van der Waals surface area contributed by atoms with E-state index in [-0.39, 0.29) is 11.3 Å². The number of fused-ring (bicyclic) bond motifs is 2. The van der Waals surface area contributed by atoms with E-state index in [0.717, 1.165) is 34.6 Å². The van der Waals surface area contributed by atoms with Gasteiger partial charge in [0, 0.05) is 30.0 Å². The van der Waals surface area contributed by atoms with Gasteiger partial charge in [-0.3, -0.25) is 4.79 Å². The third-order valence-electron chi connectivity index (χ3n) is 5.66. The molecule has 32 heavy (non-hydrogen) atoms. The minimum Gasteiger partial charge on any atom is -0.462 e. The van der Waals surface area contributed by atoms with Crippen molar-refractivity contribution in [1.29, 1.82) is 0 Å². The standard InChI is InChI=1S/C24H24N6O2/c1-24(2)13-26-20-18(24)21(27-16-9-5-4-8-15(16)22(31)25-3)30-23(29-20)28-17-10-6-7-14-11-12-32-19(14)17/h4-12H,13H2,1-3H3,(H,25,31)(H3,26,27,28,29,30). The van der Waals surface area contributed by atoms with Crippen molar-refractivity contribution < 1.29 is 9.21 Å². The number of carbonyl (C=O) groups is 1. The number of benzene rings is 2. The molecular formula is C24H24N6O2. The number of anilines is 5. The summed E-state index contributed by atoms with van der Waals surface area (Å²) in [6.07, 6.45) is 1.66. The number of carbonyl (C=O) groups excluding carboxylic acids is 1. The van der Waals surface area contributed by atoms with Crippen molar-refractivity contribution in [2.45, 2.75) is 19.3 Å². The summed E-state index contributed by atoms with van der Waals surface area (Å²) in [7, 11) is 1.62. The molecule has 3 heterocycles. The molecule has 0 unspecified atom stereocenters. The van der Waals surface area contributed by atoms with Crippen LogP contribution in [-0.4, -0.2) is 29.5 Å². The van der Waals surface area contributed by atoms with Crippen LogP contribution in [0, 0.1) is 0 Å². The lowest BCUT2D eigenvalue weighted by Gasteiger charge is -2.21. The summed E-state index contributed by atoms with van der Waals surface area (Å²) >= 11 is 0. The van der Waals surface area contributed by atoms with Gasteiger partial charge in [0.25, 0.3) is 5.91 Å². The number of nitrogens with zero attached hydrogens (tertiary/aromatic N) is 2. The van der Waals surface area contributed by atoms with Crippen molar-refractivity contribution in [1.82, 2.24) is 15.3 Å². The highest BCUT2D eigenvalue weighted by Gasteiger charge is 2.35. The molecule has 1 aliphatic rings. The van der Waals surface area contributed by atoms with Crippen LogP contribution in [0.4, 0.5) is 29.0 Å². The van der Waals surface area contributed by atoms with Crippen LogP contribution < -0.4 is 21.3 Å². The Bertz CT molecular complexity index is 1330. The second kappa shape index (κ2) is 7.56. The first-order valence-corrected chi connectivity index (χ1v) is 10.4. The molecular weight excluding hydrogens is 404 g/mol. The van der Waals surface area contributed by atoms with E-state index >= 15 is 0 Å². The number of para-hydroxylation sites is 2. The first-order chi connectivity index (χ1) is 15.5. The summed E-state index contributed by atoms with van der Waals surface area (Å²) in [6, 6.07) is 15.1. The molecule has 1 amide bonds. The van der Waals surface area contributed by atoms with Crippen LogP contribution in [-0.2, 0) is 5.41 Å². The summed E-state index contributed by atoms with van der Waals surface area (Å²) in [4.78, 5) is 21.9. The Hall–Kier alpha value is -4.07. The van der Waals surface area contributed by atoms with Crippen molar-refractivity contribution in [3.05, 3.63) is 65.9 Å². The SMILES string of the molecule is CNC(=O)c1ccccc1Nc1nc(Nc2cccc3ccoc23)nc2c1C(C)(C)CN2. The van der Waals surface area contributed by atoms with Crippen LogP contribution >= 0.6 is 0 Å². The maximum atomic E-state index is 12.4. The van der Waals surface area contributed by atoms with Crippen molar-refractivity contribution in [3.8, 4) is 0 Å². The molecule has 0 saturated heterocycles. The Kier molecular flexibility index (Phi) is 4.70. The molecule has 162 valence electrons. The molecule has 8 nitrogen and oxygen atoms in total. The smallest absolute Gasteiger partial charge is 0.253 e. The molecule has 4 aromatic rings. The lowest BCUT2D eigenvalue weighted by Crippen LogP contribution is -2.22. The minimum absolute atomic E-state index is 0.168. The van der Waals surface area contributed by atoms with E-state index in [9.17, 15) is 4.79 Å². The van der Waals surface area contributed by atoms with E-state index in [2.05, 4.69) is 35.1 Å². The lowest BCUT2D eigenvalue weighted by atomic mass is 9.88. The van der Waals surface area contributed by atoms with Crippen LogP contribution in [0.3, 0.4) is 0 Å². The second-order valence-corrected chi connectivity index (χ2v) is 8.38. The molecule has 5 rings (SSSR count). The molecule has 2 aromatic carbocycles. The van der Waals surface area contributed by atoms with Crippen molar-refractivity contribution in [2.24, 2.45) is 0 Å². The zero-order chi connectivity index (χ0) is 22.3. The third kappa shape index (κ3) is 3.39. The highest BCUT2D eigenvalue weighted by atomic mass is 16.3. The van der Waals surface area contributed by atoms with Gasteiger partial charge in [0.1, 0.15) is 11.6 Å². The van der Waals surface area contributed by atoms with Gasteiger partial charge in [-0.05, 0) is 24.3 Å². The summed E-state index contributed by atoms with van der Waals surface area (Å²) in [5.41, 5.74) is 3.53. The van der Waals surface area contributed by atoms with E-state index < -0.39 is 0 Å². The molecule has 0 fully saturated rings. The number of hydrogen-bond donors (Lipinski definition) is 4. The topological polar surface area (TPSA) is 104 Å². The van der Waals surface area contributed by atoms with Gasteiger partial charge in [-0.1, -0.05) is 38.1 Å². The molecule has 0 spiro atoms. The first-order valence-electron chi connectivity index (χ1n) is 10.4. The fourth-order valence-corrected chi connectivity index (χ4v) is 4.03. The quantitative estimate of drug-likeness (QED) is 0.363. The molecule has 4 N–H and O–H groups in total. The molecule has 0 saturated carbocycles. The van der Waals surface area contributed by atoms with E-state index in [4.69, 9.17) is 14.4 Å². The number of hydrogen-bond acceptors (Lipinski definition) is 7. The predicted molar refractivity (Wildman–Crippen MR) is 126 cm³/mol. The minimum atomic E-state index is -0.181. The molecule has 0 radical (unpaired) electrons. The van der Waals surface area contributed by atoms with Gasteiger partial charge in [0.05, 0.1) is 23.2 Å². The number of furan rings is 1. The molecule has 0 bridgehead atoms. The van der Waals surface area contributed by atoms with E-state index in [1.54, 1.807) is 19.4 Å². The molecule has 0 aliphatic carbocycles. The average Bonchev–Trinajstić information content (AvgIpc) is 3.38. The van der Waals surface area contributed by atoms with Crippen LogP contribution in [0.15, 0.2) is 59.2 Å². The summed E-state index contributed by atoms with van der Waals surface area (Å²) in [5, 5.41) is 13.7. The Morgan fingerprint density at radius 2 is 1.84 bits per heavy atom. The zero-order valence-electron chi connectivity index (χ0n) is 18.1. The highest BCUT2D eigenvalue weighted by Crippen LogP contribution is 2.41. The Morgan fingerprint density at radius 3 is 2.69 bits per heavy atom. The Morgan fingerprint density at radius 1 is 1.03 bits per heavy atom. The third-order valence-corrected chi connectivity index (χ3v) is 5.66. The van der Waals surface area contributed by atoms with E-state index in [1.807, 2.05) is 42.5 Å². The second-order valence-electron chi connectivity index (χ2n) is 8.38. The molecule has 1 aliphatic heterocycles. The molecule has 2 aromatic heterocycles. The summed E-state index contributed by atoms with van der Waals surface area (Å²) in [6.45, 7) is 5.02. The number of rotatable bonds is 5. The van der Waals surface area contributed by atoms with Crippen LogP contribution in [0.5, 0.6) is 0 Å². The number of nitrogens with one attached hydrogen (secondary N) is 4. The Labute approximate surface area is 185 Å². The van der Waals surface area contributed by atoms with E-state index in [1.165, 1.54) is 0 Å². The van der Waals surface area contributed by atoms with Gasteiger partial charge in [-0.15, -0.1) is 0 Å². The monoisotopic (exact) mass is 428 g/mol. The van der Waals surface area contributed by atoms with Gasteiger partial charge >= 0.3 is 0 Å². The van der Waals surface area contributed by atoms with Crippen molar-refractivity contribution >= 4 is 45.8 Å². The summed E-state index contributed by atoms with van der Waals surface area (Å²) < 4.78 is 5.63. The molecule has 0 atom stereocenters. The van der Waals surface area contributed by atoms with Gasteiger partial charge in [-0.2, -0.15) is 9.97 Å². The van der Waals surface area contributed by atoms with Crippen molar-refractivity contribution in [3.63, 3.8) is 0 Å². The van der Waals surface area contributed by atoms with Crippen LogP contribution in [0.2, 0.25) is 0 Å². The normalized spacial score (nSPS) is 14.0. The molecule has 8 heteroatoms. The lowest BCUT2D eigenvalue weighted by molar-refractivity contribution is 0.0964. The number of amides is 1. The maximum absolute atomic E-state index is 12.4. The summed E-state index contributed by atoms with van der Waals surface area (Å²) in [5.74, 6) is 1.67. The predicted octanol–water partition coefficient (Wildman–Crippen LogP) is 4.77. The van der Waals surface area contributed by atoms with Crippen molar-refractivity contribution in [2.75, 3.05) is 29.5 Å². The van der Waals surface area contributed by atoms with Gasteiger partial charge in [0.15, 0.2) is 5.58 Å². The Balaban J connectivity index is 1.59. The largest absolute Gasteiger partial charge is 0.462 e. The van der Waals surface area contributed by atoms with E-state index in [0.29, 0.717) is 23.0 Å². The van der Waals surface area contributed by atoms with Crippen LogP contribution in [0.25, 0.3) is 11.0 Å². The first kappa shape index (κ1) is 19.9. The highest BCUT2D eigenvalue weighted by molar-refractivity contribution is 6.00. The van der Waals surface area contributed by atoms with Gasteiger partial charge in [-0.25, -0.2) is 0 Å². The van der Waals surface area contributed by atoms with Crippen LogP contribution in [0.1, 0.15) is 29.8 Å². The zero-order valence-corrected chi connectivity index (χ0v) is 18.1. The fraction of sp³-hybridized carbons (Fsp3) is 0.208. The van der Waals surface area contributed by atoms with Gasteiger partial charge < -0.3 is 25.7 Å². The average molecular weight is 428 g/mol.